The van der Waals surface area contributed by atoms with E-state index in [-0.39, 0.29) is 12.5 Å². The van der Waals surface area contributed by atoms with Crippen LogP contribution in [0, 0.1) is 0 Å². The van der Waals surface area contributed by atoms with Crippen LogP contribution in [0.1, 0.15) is 59.3 Å². The van der Waals surface area contributed by atoms with E-state index in [9.17, 15) is 13.2 Å². The highest BCUT2D eigenvalue weighted by Gasteiger charge is 2.26. The van der Waals surface area contributed by atoms with Gasteiger partial charge < -0.3 is 5.32 Å². The molecule has 0 aromatic carbocycles. The lowest BCUT2D eigenvalue weighted by molar-refractivity contribution is -0.135. The predicted octanol–water partition coefficient (Wildman–Crippen LogP) is 4.28. The largest absolute Gasteiger partial charge is 0.389 e. The summed E-state index contributed by atoms with van der Waals surface area (Å²) in [5.74, 6) is 0. The van der Waals surface area contributed by atoms with Crippen LogP contribution in [0.15, 0.2) is 0 Å². The van der Waals surface area contributed by atoms with Crippen molar-refractivity contribution in [3.63, 3.8) is 0 Å². The number of hydrogen-bond donors (Lipinski definition) is 1. The first-order chi connectivity index (χ1) is 7.35. The minimum atomic E-state index is -4.01. The van der Waals surface area contributed by atoms with E-state index in [2.05, 4.69) is 19.2 Å². The highest BCUT2D eigenvalue weighted by molar-refractivity contribution is 4.68. The second-order valence-corrected chi connectivity index (χ2v) is 4.62. The van der Waals surface area contributed by atoms with Crippen molar-refractivity contribution >= 4 is 0 Å². The van der Waals surface area contributed by atoms with Gasteiger partial charge in [0.05, 0.1) is 0 Å². The lowest BCUT2D eigenvalue weighted by atomic mass is 10.1. The van der Waals surface area contributed by atoms with Gasteiger partial charge in [-0.1, -0.05) is 19.8 Å². The van der Waals surface area contributed by atoms with Gasteiger partial charge in [0, 0.05) is 18.5 Å². The quantitative estimate of drug-likeness (QED) is 0.666. The standard InChI is InChI=1S/C12H24F3N/c1-4-5-7-10(2)16-11(3)8-6-9-12(13,14)15/h10-11,16H,4-9H2,1-3H3. The van der Waals surface area contributed by atoms with Gasteiger partial charge in [-0.15, -0.1) is 0 Å². The van der Waals surface area contributed by atoms with Gasteiger partial charge in [-0.3, -0.25) is 0 Å². The molecule has 0 aliphatic carbocycles. The Labute approximate surface area is 96.8 Å². The summed E-state index contributed by atoms with van der Waals surface area (Å²) in [6.07, 6.45) is -0.429. The van der Waals surface area contributed by atoms with Crippen LogP contribution in [-0.4, -0.2) is 18.3 Å². The normalized spacial score (nSPS) is 16.1. The Hall–Kier alpha value is -0.250. The van der Waals surface area contributed by atoms with Crippen molar-refractivity contribution in [1.82, 2.24) is 5.32 Å². The molecule has 98 valence electrons. The molecule has 2 unspecified atom stereocenters. The molecule has 2 atom stereocenters. The van der Waals surface area contributed by atoms with Crippen molar-refractivity contribution in [3.8, 4) is 0 Å². The second kappa shape index (κ2) is 7.93. The van der Waals surface area contributed by atoms with Crippen LogP contribution in [0.4, 0.5) is 13.2 Å². The molecule has 0 spiro atoms. The molecule has 1 nitrogen and oxygen atoms in total. The van der Waals surface area contributed by atoms with E-state index in [0.29, 0.717) is 12.5 Å². The van der Waals surface area contributed by atoms with E-state index in [1.165, 1.54) is 6.42 Å². The summed E-state index contributed by atoms with van der Waals surface area (Å²) >= 11 is 0. The Morgan fingerprint density at radius 2 is 1.50 bits per heavy atom. The van der Waals surface area contributed by atoms with Crippen molar-refractivity contribution in [1.29, 1.82) is 0 Å². The maximum atomic E-state index is 11.9. The monoisotopic (exact) mass is 239 g/mol. The first kappa shape index (κ1) is 15.8. The third-order valence-corrected chi connectivity index (χ3v) is 2.66. The zero-order valence-corrected chi connectivity index (χ0v) is 10.5. The molecular weight excluding hydrogens is 215 g/mol. The lowest BCUT2D eigenvalue weighted by Gasteiger charge is -2.20. The molecule has 0 fully saturated rings. The average molecular weight is 239 g/mol. The Balaban J connectivity index is 3.54. The molecule has 0 bridgehead atoms. The number of rotatable bonds is 8. The maximum absolute atomic E-state index is 11.9. The fourth-order valence-corrected chi connectivity index (χ4v) is 1.77. The van der Waals surface area contributed by atoms with Gasteiger partial charge in [0.15, 0.2) is 0 Å². The van der Waals surface area contributed by atoms with E-state index in [4.69, 9.17) is 0 Å². The zero-order chi connectivity index (χ0) is 12.6. The number of unbranched alkanes of at least 4 members (excludes halogenated alkanes) is 1. The first-order valence-electron chi connectivity index (χ1n) is 6.18. The van der Waals surface area contributed by atoms with E-state index < -0.39 is 12.6 Å². The molecule has 0 aromatic rings. The molecule has 0 aliphatic rings. The van der Waals surface area contributed by atoms with Crippen LogP contribution in [0.2, 0.25) is 0 Å². The zero-order valence-electron chi connectivity index (χ0n) is 10.5. The summed E-state index contributed by atoms with van der Waals surface area (Å²) in [4.78, 5) is 0. The Morgan fingerprint density at radius 1 is 1.00 bits per heavy atom. The summed E-state index contributed by atoms with van der Waals surface area (Å²) in [5.41, 5.74) is 0. The number of hydrogen-bond acceptors (Lipinski definition) is 1. The van der Waals surface area contributed by atoms with Crippen LogP contribution in [-0.2, 0) is 0 Å². The number of alkyl halides is 3. The predicted molar refractivity (Wildman–Crippen MR) is 61.5 cm³/mol. The molecule has 0 aromatic heterocycles. The minimum absolute atomic E-state index is 0.175. The molecule has 0 heterocycles. The lowest BCUT2D eigenvalue weighted by Crippen LogP contribution is -2.34. The number of nitrogens with one attached hydrogen (secondary N) is 1. The maximum Gasteiger partial charge on any atom is 0.389 e. The van der Waals surface area contributed by atoms with E-state index in [0.717, 1.165) is 12.8 Å². The molecule has 0 saturated carbocycles. The summed E-state index contributed by atoms with van der Waals surface area (Å²) in [6, 6.07) is 0.579. The molecule has 0 radical (unpaired) electrons. The molecule has 0 amide bonds. The minimum Gasteiger partial charge on any atom is -0.312 e. The van der Waals surface area contributed by atoms with E-state index in [1.54, 1.807) is 0 Å². The van der Waals surface area contributed by atoms with Gasteiger partial charge in [0.2, 0.25) is 0 Å². The van der Waals surface area contributed by atoms with Gasteiger partial charge in [-0.2, -0.15) is 13.2 Å². The Kier molecular flexibility index (Phi) is 7.81. The molecule has 0 aliphatic heterocycles. The van der Waals surface area contributed by atoms with Crippen molar-refractivity contribution in [2.45, 2.75) is 77.6 Å². The summed E-state index contributed by atoms with van der Waals surface area (Å²) in [5, 5.41) is 3.33. The van der Waals surface area contributed by atoms with Gasteiger partial charge in [0.25, 0.3) is 0 Å². The first-order valence-corrected chi connectivity index (χ1v) is 6.18. The molecular formula is C12H24F3N. The second-order valence-electron chi connectivity index (χ2n) is 4.62. The van der Waals surface area contributed by atoms with Gasteiger partial charge in [-0.25, -0.2) is 0 Å². The number of halogens is 3. The fraction of sp³-hybridized carbons (Fsp3) is 1.00. The summed E-state index contributed by atoms with van der Waals surface area (Å²) in [7, 11) is 0. The van der Waals surface area contributed by atoms with E-state index in [1.807, 2.05) is 6.92 Å². The van der Waals surface area contributed by atoms with Crippen molar-refractivity contribution in [2.75, 3.05) is 0 Å². The average Bonchev–Trinajstić information content (AvgIpc) is 2.12. The van der Waals surface area contributed by atoms with Crippen LogP contribution in [0.5, 0.6) is 0 Å². The van der Waals surface area contributed by atoms with Crippen molar-refractivity contribution in [3.05, 3.63) is 0 Å². The van der Waals surface area contributed by atoms with Crippen LogP contribution >= 0.6 is 0 Å². The molecule has 4 heteroatoms. The Morgan fingerprint density at radius 3 is 1.94 bits per heavy atom. The molecule has 0 saturated heterocycles. The van der Waals surface area contributed by atoms with Crippen molar-refractivity contribution in [2.24, 2.45) is 0 Å². The molecule has 16 heavy (non-hydrogen) atoms. The summed E-state index contributed by atoms with van der Waals surface area (Å²) < 4.78 is 35.7. The summed E-state index contributed by atoms with van der Waals surface area (Å²) in [6.45, 7) is 6.19. The van der Waals surface area contributed by atoms with Crippen molar-refractivity contribution < 1.29 is 13.2 Å². The van der Waals surface area contributed by atoms with Crippen LogP contribution in [0.3, 0.4) is 0 Å². The smallest absolute Gasteiger partial charge is 0.312 e. The van der Waals surface area contributed by atoms with Crippen LogP contribution < -0.4 is 5.32 Å². The fourth-order valence-electron chi connectivity index (χ4n) is 1.77. The van der Waals surface area contributed by atoms with E-state index >= 15 is 0 Å². The third-order valence-electron chi connectivity index (χ3n) is 2.66. The van der Waals surface area contributed by atoms with Gasteiger partial charge >= 0.3 is 6.18 Å². The van der Waals surface area contributed by atoms with Gasteiger partial charge in [-0.05, 0) is 33.1 Å². The topological polar surface area (TPSA) is 12.0 Å². The van der Waals surface area contributed by atoms with Gasteiger partial charge in [0.1, 0.15) is 0 Å². The third kappa shape index (κ3) is 10.3. The highest BCUT2D eigenvalue weighted by atomic mass is 19.4. The van der Waals surface area contributed by atoms with Crippen LogP contribution in [0.25, 0.3) is 0 Å². The SMILES string of the molecule is CCCCC(C)NC(C)CCCC(F)(F)F. The highest BCUT2D eigenvalue weighted by Crippen LogP contribution is 2.22. The molecule has 1 N–H and O–H groups in total. The molecule has 0 rings (SSSR count). The Bertz CT molecular complexity index is 168.